The first-order valence-electron chi connectivity index (χ1n) is 10.1. The van der Waals surface area contributed by atoms with E-state index in [4.69, 9.17) is 4.98 Å². The van der Waals surface area contributed by atoms with Crippen molar-refractivity contribution in [3.8, 4) is 0 Å². The predicted molar refractivity (Wildman–Crippen MR) is 110 cm³/mol. The molecular formula is C21H34N6. The molecule has 3 heterocycles. The molecule has 0 saturated carbocycles. The lowest BCUT2D eigenvalue weighted by Crippen LogP contribution is -2.43. The van der Waals surface area contributed by atoms with Crippen LogP contribution in [0.3, 0.4) is 0 Å². The van der Waals surface area contributed by atoms with Gasteiger partial charge in [-0.25, -0.2) is 9.97 Å². The number of nitrogens with one attached hydrogen (secondary N) is 1. The van der Waals surface area contributed by atoms with Crippen molar-refractivity contribution in [1.29, 1.82) is 0 Å². The van der Waals surface area contributed by atoms with Gasteiger partial charge in [0.05, 0.1) is 5.69 Å². The molecule has 1 saturated heterocycles. The van der Waals surface area contributed by atoms with Gasteiger partial charge in [0.15, 0.2) is 0 Å². The van der Waals surface area contributed by atoms with Crippen molar-refractivity contribution < 1.29 is 0 Å². The van der Waals surface area contributed by atoms with Crippen LogP contribution in [0.1, 0.15) is 63.3 Å². The van der Waals surface area contributed by atoms with Crippen LogP contribution < -0.4 is 4.90 Å². The Bertz CT molecular complexity index is 752. The second-order valence-electron chi connectivity index (χ2n) is 8.78. The van der Waals surface area contributed by atoms with Crippen LogP contribution in [0, 0.1) is 6.92 Å². The lowest BCUT2D eigenvalue weighted by molar-refractivity contribution is 0.198. The smallest absolute Gasteiger partial charge is 0.135 e. The maximum absolute atomic E-state index is 4.72. The normalized spacial score (nSPS) is 16.3. The molecule has 3 rings (SSSR count). The van der Waals surface area contributed by atoms with E-state index in [1.165, 1.54) is 11.3 Å². The highest BCUT2D eigenvalue weighted by Gasteiger charge is 2.25. The van der Waals surface area contributed by atoms with Gasteiger partial charge in [0.1, 0.15) is 11.6 Å². The minimum atomic E-state index is 0.0886. The monoisotopic (exact) mass is 370 g/mol. The fourth-order valence-electron chi connectivity index (χ4n) is 3.75. The number of nitrogens with zero attached hydrogens (tertiary/aromatic N) is 5. The van der Waals surface area contributed by atoms with Gasteiger partial charge in [-0.15, -0.1) is 0 Å². The molecule has 27 heavy (non-hydrogen) atoms. The number of anilines is 1. The third-order valence-corrected chi connectivity index (χ3v) is 5.55. The van der Waals surface area contributed by atoms with E-state index in [0.717, 1.165) is 56.2 Å². The Morgan fingerprint density at radius 3 is 2.56 bits per heavy atom. The Balaban J connectivity index is 1.59. The average Bonchev–Trinajstić information content (AvgIpc) is 3.11. The van der Waals surface area contributed by atoms with E-state index in [9.17, 15) is 0 Å². The number of rotatable bonds is 5. The van der Waals surface area contributed by atoms with Gasteiger partial charge in [-0.2, -0.15) is 5.10 Å². The van der Waals surface area contributed by atoms with Crippen molar-refractivity contribution in [3.05, 3.63) is 35.0 Å². The summed E-state index contributed by atoms with van der Waals surface area (Å²) >= 11 is 0. The maximum atomic E-state index is 4.72. The molecule has 1 fully saturated rings. The highest BCUT2D eigenvalue weighted by molar-refractivity contribution is 5.46. The van der Waals surface area contributed by atoms with Crippen LogP contribution in [-0.4, -0.2) is 51.2 Å². The molecule has 0 unspecified atom stereocenters. The zero-order valence-corrected chi connectivity index (χ0v) is 17.7. The highest BCUT2D eigenvalue weighted by Crippen LogP contribution is 2.25. The first kappa shape index (κ1) is 19.8. The molecular weight excluding hydrogens is 336 g/mol. The predicted octanol–water partition coefficient (Wildman–Crippen LogP) is 3.47. The van der Waals surface area contributed by atoms with Gasteiger partial charge in [-0.1, -0.05) is 27.7 Å². The summed E-state index contributed by atoms with van der Waals surface area (Å²) in [5, 5.41) is 7.71. The van der Waals surface area contributed by atoms with Crippen LogP contribution in [0.25, 0.3) is 0 Å². The first-order valence-corrected chi connectivity index (χ1v) is 10.1. The van der Waals surface area contributed by atoms with Gasteiger partial charge in [0, 0.05) is 48.5 Å². The van der Waals surface area contributed by atoms with Crippen LogP contribution in [-0.2, 0) is 18.4 Å². The molecule has 1 aliphatic rings. The number of piperidine rings is 1. The van der Waals surface area contributed by atoms with Gasteiger partial charge >= 0.3 is 0 Å². The van der Waals surface area contributed by atoms with Crippen molar-refractivity contribution in [2.75, 3.05) is 25.0 Å². The molecule has 0 aromatic carbocycles. The molecule has 1 aliphatic heterocycles. The van der Waals surface area contributed by atoms with Gasteiger partial charge in [0.2, 0.25) is 0 Å². The summed E-state index contributed by atoms with van der Waals surface area (Å²) in [6.45, 7) is 13.8. The number of aromatic amines is 1. The molecule has 1 N–H and O–H groups in total. The quantitative estimate of drug-likeness (QED) is 0.873. The van der Waals surface area contributed by atoms with Gasteiger partial charge in [-0.05, 0) is 39.3 Å². The summed E-state index contributed by atoms with van der Waals surface area (Å²) in [5.41, 5.74) is 3.67. The molecule has 0 atom stereocenters. The highest BCUT2D eigenvalue weighted by atomic mass is 15.2. The standard InChI is InChI=1S/C21H34N6/c1-7-16-13-22-15(2)23-20(16)27-10-8-18(9-11-27)26(6)14-17-12-19(25-24-17)21(3,4)5/h12-13,18H,7-11,14H2,1-6H3,(H,24,25). The zero-order valence-electron chi connectivity index (χ0n) is 17.7. The maximum Gasteiger partial charge on any atom is 0.135 e. The summed E-state index contributed by atoms with van der Waals surface area (Å²) in [5.74, 6) is 1.99. The largest absolute Gasteiger partial charge is 0.356 e. The van der Waals surface area contributed by atoms with Gasteiger partial charge in [0.25, 0.3) is 0 Å². The second-order valence-corrected chi connectivity index (χ2v) is 8.78. The van der Waals surface area contributed by atoms with E-state index in [1.807, 2.05) is 13.1 Å². The molecule has 0 spiro atoms. The fourth-order valence-corrected chi connectivity index (χ4v) is 3.75. The van der Waals surface area contributed by atoms with Crippen LogP contribution >= 0.6 is 0 Å². The lowest BCUT2D eigenvalue weighted by atomic mass is 9.92. The molecule has 2 aromatic rings. The van der Waals surface area contributed by atoms with Crippen LogP contribution in [0.4, 0.5) is 5.82 Å². The Kier molecular flexibility index (Phi) is 5.84. The van der Waals surface area contributed by atoms with Crippen molar-refractivity contribution >= 4 is 5.82 Å². The number of aromatic nitrogens is 4. The first-order chi connectivity index (χ1) is 12.8. The third kappa shape index (κ3) is 4.67. The lowest BCUT2D eigenvalue weighted by Gasteiger charge is -2.37. The molecule has 0 bridgehead atoms. The van der Waals surface area contributed by atoms with E-state index < -0.39 is 0 Å². The van der Waals surface area contributed by atoms with E-state index in [2.05, 4.69) is 65.8 Å². The Morgan fingerprint density at radius 2 is 1.96 bits per heavy atom. The minimum absolute atomic E-state index is 0.0886. The molecule has 0 amide bonds. The molecule has 6 nitrogen and oxygen atoms in total. The minimum Gasteiger partial charge on any atom is -0.356 e. The Labute approximate surface area is 163 Å². The second kappa shape index (κ2) is 7.97. The number of aryl methyl sites for hydroxylation is 2. The van der Waals surface area contributed by atoms with Crippen LogP contribution in [0.2, 0.25) is 0 Å². The number of hydrogen-bond acceptors (Lipinski definition) is 5. The summed E-state index contributed by atoms with van der Waals surface area (Å²) in [7, 11) is 2.23. The van der Waals surface area contributed by atoms with Crippen molar-refractivity contribution in [2.24, 2.45) is 0 Å². The van der Waals surface area contributed by atoms with E-state index in [0.29, 0.717) is 6.04 Å². The summed E-state index contributed by atoms with van der Waals surface area (Å²) in [6, 6.07) is 2.80. The number of hydrogen-bond donors (Lipinski definition) is 1. The van der Waals surface area contributed by atoms with Crippen molar-refractivity contribution in [2.45, 2.75) is 71.9 Å². The summed E-state index contributed by atoms with van der Waals surface area (Å²) in [4.78, 5) is 14.0. The van der Waals surface area contributed by atoms with E-state index in [-0.39, 0.29) is 5.41 Å². The molecule has 0 aliphatic carbocycles. The van der Waals surface area contributed by atoms with Gasteiger partial charge < -0.3 is 4.90 Å². The van der Waals surface area contributed by atoms with Crippen LogP contribution in [0.15, 0.2) is 12.3 Å². The van der Waals surface area contributed by atoms with Crippen molar-refractivity contribution in [1.82, 2.24) is 25.1 Å². The fraction of sp³-hybridized carbons (Fsp3) is 0.667. The Morgan fingerprint density at radius 1 is 1.26 bits per heavy atom. The SMILES string of the molecule is CCc1cnc(C)nc1N1CCC(N(C)Cc2cc(C(C)(C)C)n[nH]2)CC1. The molecule has 2 aromatic heterocycles. The van der Waals surface area contributed by atoms with E-state index >= 15 is 0 Å². The Hall–Kier alpha value is -1.95. The van der Waals surface area contributed by atoms with Crippen molar-refractivity contribution in [3.63, 3.8) is 0 Å². The summed E-state index contributed by atoms with van der Waals surface area (Å²) in [6.07, 6.45) is 5.28. The topological polar surface area (TPSA) is 60.9 Å². The van der Waals surface area contributed by atoms with E-state index in [1.54, 1.807) is 0 Å². The molecule has 0 radical (unpaired) electrons. The summed E-state index contributed by atoms with van der Waals surface area (Å²) < 4.78 is 0. The van der Waals surface area contributed by atoms with Gasteiger partial charge in [-0.3, -0.25) is 10.00 Å². The third-order valence-electron chi connectivity index (χ3n) is 5.55. The van der Waals surface area contributed by atoms with Crippen LogP contribution in [0.5, 0.6) is 0 Å². The zero-order chi connectivity index (χ0) is 19.6. The number of H-pyrrole nitrogens is 1. The average molecular weight is 371 g/mol. The molecule has 148 valence electrons. The molecule has 6 heteroatoms.